The number of nitrogens with zero attached hydrogens (tertiary/aromatic N) is 3. The van der Waals surface area contributed by atoms with E-state index in [-0.39, 0.29) is 12.0 Å². The smallest absolute Gasteiger partial charge is 0.298 e. The first-order valence-electron chi connectivity index (χ1n) is 8.78. The lowest BCUT2D eigenvalue weighted by Gasteiger charge is -2.38. The number of oxazole rings is 1. The normalized spacial score (nSPS) is 21.4. The van der Waals surface area contributed by atoms with Crippen LogP contribution in [0.2, 0.25) is 0 Å². The van der Waals surface area contributed by atoms with Gasteiger partial charge in [0.15, 0.2) is 5.58 Å². The van der Waals surface area contributed by atoms with E-state index in [1.807, 2.05) is 18.2 Å². The lowest BCUT2D eigenvalue weighted by molar-refractivity contribution is -0.142. The van der Waals surface area contributed by atoms with Crippen molar-refractivity contribution in [3.8, 4) is 5.75 Å². The van der Waals surface area contributed by atoms with Crippen LogP contribution < -0.4 is 9.64 Å². The molecule has 1 amide bonds. The molecule has 2 fully saturated rings. The molecule has 2 aliphatic heterocycles. The Balaban J connectivity index is 1.43. The van der Waals surface area contributed by atoms with Crippen LogP contribution in [0.5, 0.6) is 5.75 Å². The number of rotatable bonds is 4. The molecule has 1 aromatic heterocycles. The molecule has 134 valence electrons. The van der Waals surface area contributed by atoms with Crippen molar-refractivity contribution in [1.82, 2.24) is 9.88 Å². The second-order valence-electron chi connectivity index (χ2n) is 6.94. The van der Waals surface area contributed by atoms with E-state index >= 15 is 0 Å². The number of aliphatic hydroxyl groups excluding tert-OH is 1. The SMILES string of the molecule is COc1ccc2oc(N3CCCC(CC(=O)N4CC(O)C4)C3)nc2c1. The van der Waals surface area contributed by atoms with Crippen molar-refractivity contribution in [2.24, 2.45) is 5.92 Å². The number of aliphatic hydroxyl groups is 1. The van der Waals surface area contributed by atoms with Crippen molar-refractivity contribution in [3.05, 3.63) is 18.2 Å². The number of ether oxygens (including phenoxy) is 1. The number of benzene rings is 1. The Bertz CT molecular complexity index is 769. The highest BCUT2D eigenvalue weighted by atomic mass is 16.5. The van der Waals surface area contributed by atoms with Crippen LogP contribution in [0.15, 0.2) is 22.6 Å². The topological polar surface area (TPSA) is 79.0 Å². The highest BCUT2D eigenvalue weighted by Gasteiger charge is 2.32. The molecule has 1 N–H and O–H groups in total. The largest absolute Gasteiger partial charge is 0.497 e. The molecule has 0 bridgehead atoms. The number of anilines is 1. The van der Waals surface area contributed by atoms with Gasteiger partial charge in [0, 0.05) is 38.7 Å². The Hall–Kier alpha value is -2.28. The molecule has 2 saturated heterocycles. The Kier molecular flexibility index (Phi) is 4.25. The Labute approximate surface area is 146 Å². The van der Waals surface area contributed by atoms with Crippen molar-refractivity contribution < 1.29 is 19.1 Å². The van der Waals surface area contributed by atoms with Gasteiger partial charge in [-0.15, -0.1) is 0 Å². The van der Waals surface area contributed by atoms with Crippen molar-refractivity contribution in [1.29, 1.82) is 0 Å². The molecule has 2 aromatic rings. The third-order valence-electron chi connectivity index (χ3n) is 5.05. The molecular weight excluding hydrogens is 322 g/mol. The molecule has 1 atom stereocenters. The monoisotopic (exact) mass is 345 g/mol. The molecular formula is C18H23N3O4. The average Bonchev–Trinajstić information content (AvgIpc) is 3.02. The van der Waals surface area contributed by atoms with Crippen LogP contribution in [0.1, 0.15) is 19.3 Å². The summed E-state index contributed by atoms with van der Waals surface area (Å²) in [6.45, 7) is 2.60. The summed E-state index contributed by atoms with van der Waals surface area (Å²) < 4.78 is 11.1. The van der Waals surface area contributed by atoms with Gasteiger partial charge in [-0.05, 0) is 30.9 Å². The van der Waals surface area contributed by atoms with E-state index in [1.54, 1.807) is 12.0 Å². The standard InChI is InChI=1S/C18H23N3O4/c1-24-14-4-5-16-15(8-14)19-18(25-16)20-6-2-3-12(9-20)7-17(23)21-10-13(22)11-21/h4-5,8,12-13,22H,2-3,6-7,9-11H2,1H3. The summed E-state index contributed by atoms with van der Waals surface area (Å²) in [6.07, 6.45) is 2.23. The predicted octanol–water partition coefficient (Wildman–Crippen LogP) is 1.65. The van der Waals surface area contributed by atoms with Gasteiger partial charge in [0.25, 0.3) is 6.01 Å². The second kappa shape index (κ2) is 6.55. The molecule has 0 saturated carbocycles. The predicted molar refractivity (Wildman–Crippen MR) is 92.7 cm³/mol. The minimum Gasteiger partial charge on any atom is -0.497 e. The second-order valence-corrected chi connectivity index (χ2v) is 6.94. The number of amides is 1. The van der Waals surface area contributed by atoms with Crippen LogP contribution in [0.3, 0.4) is 0 Å². The third kappa shape index (κ3) is 3.28. The van der Waals surface area contributed by atoms with Gasteiger partial charge >= 0.3 is 0 Å². The minimum absolute atomic E-state index is 0.138. The van der Waals surface area contributed by atoms with Crippen molar-refractivity contribution in [3.63, 3.8) is 0 Å². The van der Waals surface area contributed by atoms with Crippen LogP contribution >= 0.6 is 0 Å². The Morgan fingerprint density at radius 3 is 3.00 bits per heavy atom. The molecule has 7 nitrogen and oxygen atoms in total. The molecule has 2 aliphatic rings. The zero-order valence-electron chi connectivity index (χ0n) is 14.4. The molecule has 1 aromatic carbocycles. The molecule has 3 heterocycles. The van der Waals surface area contributed by atoms with Crippen LogP contribution in [0, 0.1) is 5.92 Å². The van der Waals surface area contributed by atoms with E-state index in [0.29, 0.717) is 31.4 Å². The van der Waals surface area contributed by atoms with Crippen LogP contribution in [0.4, 0.5) is 6.01 Å². The summed E-state index contributed by atoms with van der Waals surface area (Å²) in [4.78, 5) is 20.7. The summed E-state index contributed by atoms with van der Waals surface area (Å²) in [6, 6.07) is 6.20. The highest BCUT2D eigenvalue weighted by Crippen LogP contribution is 2.29. The quantitative estimate of drug-likeness (QED) is 0.908. The van der Waals surface area contributed by atoms with E-state index in [1.165, 1.54) is 0 Å². The number of piperidine rings is 1. The van der Waals surface area contributed by atoms with Gasteiger partial charge in [-0.2, -0.15) is 4.98 Å². The van der Waals surface area contributed by atoms with E-state index in [9.17, 15) is 9.90 Å². The summed E-state index contributed by atoms with van der Waals surface area (Å²) >= 11 is 0. The fraction of sp³-hybridized carbons (Fsp3) is 0.556. The molecule has 25 heavy (non-hydrogen) atoms. The van der Waals surface area contributed by atoms with Gasteiger partial charge in [-0.1, -0.05) is 0 Å². The van der Waals surface area contributed by atoms with E-state index < -0.39 is 0 Å². The van der Waals surface area contributed by atoms with Gasteiger partial charge < -0.3 is 24.1 Å². The number of β-amino-alcohol motifs (C(OH)–C–C–N with tert-alkyl or cyclic N) is 1. The average molecular weight is 345 g/mol. The minimum atomic E-state index is -0.344. The fourth-order valence-electron chi connectivity index (χ4n) is 3.60. The first-order chi connectivity index (χ1) is 12.1. The summed E-state index contributed by atoms with van der Waals surface area (Å²) in [7, 11) is 1.63. The van der Waals surface area contributed by atoms with Crippen molar-refractivity contribution >= 4 is 23.0 Å². The van der Waals surface area contributed by atoms with Crippen LogP contribution in [-0.2, 0) is 4.79 Å². The molecule has 0 aliphatic carbocycles. The van der Waals surface area contributed by atoms with Gasteiger partial charge in [0.2, 0.25) is 5.91 Å². The van der Waals surface area contributed by atoms with E-state index in [0.717, 1.165) is 42.8 Å². The molecule has 7 heteroatoms. The maximum atomic E-state index is 12.2. The van der Waals surface area contributed by atoms with Gasteiger partial charge in [-0.25, -0.2) is 0 Å². The number of likely N-dealkylation sites (tertiary alicyclic amines) is 1. The van der Waals surface area contributed by atoms with E-state index in [4.69, 9.17) is 9.15 Å². The van der Waals surface area contributed by atoms with Gasteiger partial charge in [0.1, 0.15) is 11.3 Å². The molecule has 4 rings (SSSR count). The summed E-state index contributed by atoms with van der Waals surface area (Å²) in [5.41, 5.74) is 1.52. The van der Waals surface area contributed by atoms with E-state index in [2.05, 4.69) is 9.88 Å². The molecule has 0 radical (unpaired) electrons. The lowest BCUT2D eigenvalue weighted by Crippen LogP contribution is -2.54. The number of hydrogen-bond acceptors (Lipinski definition) is 6. The first-order valence-corrected chi connectivity index (χ1v) is 8.78. The van der Waals surface area contributed by atoms with Gasteiger partial charge in [-0.3, -0.25) is 4.79 Å². The Morgan fingerprint density at radius 1 is 1.40 bits per heavy atom. The zero-order valence-corrected chi connectivity index (χ0v) is 14.4. The highest BCUT2D eigenvalue weighted by molar-refractivity contribution is 5.78. The zero-order chi connectivity index (χ0) is 17.4. The fourth-order valence-corrected chi connectivity index (χ4v) is 3.60. The summed E-state index contributed by atoms with van der Waals surface area (Å²) in [5, 5.41) is 9.34. The molecule has 0 spiro atoms. The van der Waals surface area contributed by atoms with Crippen LogP contribution in [0.25, 0.3) is 11.1 Å². The number of hydrogen-bond donors (Lipinski definition) is 1. The number of carbonyl (C=O) groups excluding carboxylic acids is 1. The number of aromatic nitrogens is 1. The van der Waals surface area contributed by atoms with Crippen LogP contribution in [-0.4, -0.2) is 60.3 Å². The van der Waals surface area contributed by atoms with Gasteiger partial charge in [0.05, 0.1) is 13.2 Å². The summed E-state index contributed by atoms with van der Waals surface area (Å²) in [5.74, 6) is 1.19. The van der Waals surface area contributed by atoms with Crippen molar-refractivity contribution in [2.75, 3.05) is 38.2 Å². The lowest BCUT2D eigenvalue weighted by atomic mass is 9.94. The van der Waals surface area contributed by atoms with Crippen molar-refractivity contribution in [2.45, 2.75) is 25.4 Å². The maximum Gasteiger partial charge on any atom is 0.298 e. The number of carbonyl (C=O) groups is 1. The Morgan fingerprint density at radius 2 is 2.24 bits per heavy atom. The molecule has 1 unspecified atom stereocenters. The maximum absolute atomic E-state index is 12.2. The number of fused-ring (bicyclic) bond motifs is 1. The first kappa shape index (κ1) is 16.2. The number of methoxy groups -OCH3 is 1. The third-order valence-corrected chi connectivity index (χ3v) is 5.05.